The molecular formula is C14H12O3. The van der Waals surface area contributed by atoms with E-state index in [0.29, 0.717) is 5.56 Å². The summed E-state index contributed by atoms with van der Waals surface area (Å²) >= 11 is 0. The number of hydrogen-bond donors (Lipinski definition) is 3. The summed E-state index contributed by atoms with van der Waals surface area (Å²) in [6, 6.07) is 4.39. The molecular weight excluding hydrogens is 216 g/mol. The zero-order valence-corrected chi connectivity index (χ0v) is 9.04. The fourth-order valence-electron chi connectivity index (χ4n) is 1.54. The average molecular weight is 228 g/mol. The van der Waals surface area contributed by atoms with E-state index in [1.165, 1.54) is 6.07 Å². The van der Waals surface area contributed by atoms with Crippen LogP contribution in [0.25, 0.3) is 6.08 Å². The number of phenols is 2. The molecule has 0 bridgehead atoms. The fourth-order valence-corrected chi connectivity index (χ4v) is 1.54. The van der Waals surface area contributed by atoms with Crippen LogP contribution in [0.4, 0.5) is 0 Å². The van der Waals surface area contributed by atoms with Gasteiger partial charge in [-0.1, -0.05) is 24.0 Å². The lowest BCUT2D eigenvalue weighted by molar-refractivity contribution is 0.432. The van der Waals surface area contributed by atoms with Crippen molar-refractivity contribution in [3.05, 3.63) is 59.6 Å². The van der Waals surface area contributed by atoms with Gasteiger partial charge in [-0.15, -0.1) is 0 Å². The highest BCUT2D eigenvalue weighted by Gasteiger charge is 2.00. The van der Waals surface area contributed by atoms with Gasteiger partial charge in [0.15, 0.2) is 5.76 Å². The summed E-state index contributed by atoms with van der Waals surface area (Å²) in [6.07, 6.45) is 8.80. The third-order valence-corrected chi connectivity index (χ3v) is 2.34. The van der Waals surface area contributed by atoms with Crippen LogP contribution in [0.2, 0.25) is 0 Å². The third kappa shape index (κ3) is 3.03. The van der Waals surface area contributed by atoms with Crippen LogP contribution in [0.3, 0.4) is 0 Å². The first-order chi connectivity index (χ1) is 8.13. The Labute approximate surface area is 99.0 Å². The molecule has 17 heavy (non-hydrogen) atoms. The molecule has 1 aromatic carbocycles. The average Bonchev–Trinajstić information content (AvgIpc) is 2.27. The van der Waals surface area contributed by atoms with Crippen LogP contribution in [0.1, 0.15) is 5.56 Å². The van der Waals surface area contributed by atoms with Gasteiger partial charge in [0.1, 0.15) is 11.5 Å². The maximum absolute atomic E-state index is 9.30. The number of rotatable bonds is 2. The van der Waals surface area contributed by atoms with Crippen LogP contribution >= 0.6 is 0 Å². The summed E-state index contributed by atoms with van der Waals surface area (Å²) in [6.45, 7) is 0. The van der Waals surface area contributed by atoms with Gasteiger partial charge in [0.05, 0.1) is 0 Å². The Morgan fingerprint density at radius 1 is 1.06 bits per heavy atom. The number of hydrogen-bond acceptors (Lipinski definition) is 3. The standard InChI is InChI=1S/C14H12O3/c15-12-5-3-10(4-6-12)1-2-11-7-13(16)9-14(17)8-11/h1-5,7-10,15-17H/b2-1+. The highest BCUT2D eigenvalue weighted by atomic mass is 16.3. The Bertz CT molecular complexity index is 526. The number of benzene rings is 1. The van der Waals surface area contributed by atoms with E-state index in [2.05, 4.69) is 5.73 Å². The molecule has 0 radical (unpaired) electrons. The van der Waals surface area contributed by atoms with Crippen LogP contribution in [-0.2, 0) is 0 Å². The van der Waals surface area contributed by atoms with E-state index in [0.717, 1.165) is 0 Å². The number of aliphatic hydroxyl groups excluding tert-OH is 1. The predicted molar refractivity (Wildman–Crippen MR) is 65.7 cm³/mol. The van der Waals surface area contributed by atoms with Crippen molar-refractivity contribution in [3.63, 3.8) is 0 Å². The first-order valence-electron chi connectivity index (χ1n) is 5.19. The third-order valence-electron chi connectivity index (χ3n) is 2.34. The van der Waals surface area contributed by atoms with Crippen molar-refractivity contribution in [1.29, 1.82) is 0 Å². The van der Waals surface area contributed by atoms with Crippen molar-refractivity contribution < 1.29 is 15.3 Å². The lowest BCUT2D eigenvalue weighted by Gasteiger charge is -2.03. The lowest BCUT2D eigenvalue weighted by Crippen LogP contribution is -1.89. The minimum atomic E-state index is 0.0249. The topological polar surface area (TPSA) is 60.7 Å². The molecule has 0 aromatic heterocycles. The molecule has 1 aliphatic carbocycles. The van der Waals surface area contributed by atoms with Crippen molar-refractivity contribution in [2.45, 2.75) is 0 Å². The van der Waals surface area contributed by atoms with E-state index < -0.39 is 0 Å². The minimum absolute atomic E-state index is 0.0249. The molecule has 0 aliphatic heterocycles. The first kappa shape index (κ1) is 11.1. The molecule has 0 heterocycles. The molecule has 0 saturated carbocycles. The molecule has 0 amide bonds. The van der Waals surface area contributed by atoms with Gasteiger partial charge >= 0.3 is 0 Å². The zero-order chi connectivity index (χ0) is 12.3. The first-order valence-corrected chi connectivity index (χ1v) is 5.19. The maximum atomic E-state index is 9.30. The van der Waals surface area contributed by atoms with Crippen molar-refractivity contribution in [3.8, 4) is 11.5 Å². The lowest BCUT2D eigenvalue weighted by atomic mass is 10.0. The van der Waals surface area contributed by atoms with Gasteiger partial charge in [0.25, 0.3) is 0 Å². The van der Waals surface area contributed by atoms with Gasteiger partial charge in [0.2, 0.25) is 0 Å². The second-order valence-electron chi connectivity index (χ2n) is 3.77. The molecule has 3 nitrogen and oxygen atoms in total. The largest absolute Gasteiger partial charge is 0.508 e. The molecule has 2 rings (SSSR count). The van der Waals surface area contributed by atoms with Gasteiger partial charge in [-0.2, -0.15) is 0 Å². The second-order valence-corrected chi connectivity index (χ2v) is 3.77. The molecule has 3 N–H and O–H groups in total. The van der Waals surface area contributed by atoms with Crippen molar-refractivity contribution in [1.82, 2.24) is 0 Å². The monoisotopic (exact) mass is 228 g/mol. The maximum Gasteiger partial charge on any atom is 0.158 e. The predicted octanol–water partition coefficient (Wildman–Crippen LogP) is 2.89. The Morgan fingerprint density at radius 3 is 2.35 bits per heavy atom. The van der Waals surface area contributed by atoms with Gasteiger partial charge in [-0.25, -0.2) is 0 Å². The Balaban J connectivity index is 2.16. The highest BCUT2D eigenvalue weighted by Crippen LogP contribution is 2.22. The Morgan fingerprint density at radius 2 is 1.76 bits per heavy atom. The van der Waals surface area contributed by atoms with Crippen molar-refractivity contribution in [2.24, 2.45) is 5.92 Å². The Hall–Kier alpha value is -2.38. The minimum Gasteiger partial charge on any atom is -0.508 e. The van der Waals surface area contributed by atoms with E-state index in [-0.39, 0.29) is 23.2 Å². The summed E-state index contributed by atoms with van der Waals surface area (Å²) in [4.78, 5) is 0. The number of aromatic hydroxyl groups is 2. The highest BCUT2D eigenvalue weighted by molar-refractivity contribution is 5.55. The van der Waals surface area contributed by atoms with E-state index in [4.69, 9.17) is 5.11 Å². The number of aliphatic hydroxyl groups is 1. The molecule has 0 saturated heterocycles. The quantitative estimate of drug-likeness (QED) is 0.682. The van der Waals surface area contributed by atoms with Crippen LogP contribution in [0, 0.1) is 5.92 Å². The van der Waals surface area contributed by atoms with E-state index >= 15 is 0 Å². The number of allylic oxidation sites excluding steroid dienone is 3. The van der Waals surface area contributed by atoms with Gasteiger partial charge < -0.3 is 15.3 Å². The van der Waals surface area contributed by atoms with Crippen molar-refractivity contribution in [2.75, 3.05) is 0 Å². The SMILES string of the molecule is OC1=C=CC(/C=C/c2cc(O)cc(O)c2)C=C1. The summed E-state index contributed by atoms with van der Waals surface area (Å²) in [7, 11) is 0. The fraction of sp³-hybridized carbons (Fsp3) is 0.0714. The smallest absolute Gasteiger partial charge is 0.158 e. The summed E-state index contributed by atoms with van der Waals surface area (Å²) in [5.74, 6) is 0.217. The molecule has 1 unspecified atom stereocenters. The van der Waals surface area contributed by atoms with Crippen LogP contribution < -0.4 is 0 Å². The molecule has 3 heteroatoms. The van der Waals surface area contributed by atoms with E-state index in [9.17, 15) is 10.2 Å². The van der Waals surface area contributed by atoms with Crippen LogP contribution in [-0.4, -0.2) is 15.3 Å². The molecule has 1 aliphatic rings. The second kappa shape index (κ2) is 4.64. The normalized spacial score (nSPS) is 18.6. The molecule has 86 valence electrons. The molecule has 1 aromatic rings. The number of phenolic OH excluding ortho intramolecular Hbond substituents is 2. The van der Waals surface area contributed by atoms with Crippen LogP contribution in [0.15, 0.2) is 54.0 Å². The summed E-state index contributed by atoms with van der Waals surface area (Å²) in [5, 5.41) is 27.7. The Kier molecular flexibility index (Phi) is 3.03. The molecule has 0 spiro atoms. The van der Waals surface area contributed by atoms with Gasteiger partial charge in [0, 0.05) is 12.0 Å². The summed E-state index contributed by atoms with van der Waals surface area (Å²) < 4.78 is 0. The molecule has 0 fully saturated rings. The zero-order valence-electron chi connectivity index (χ0n) is 9.04. The van der Waals surface area contributed by atoms with Gasteiger partial charge in [-0.3, -0.25) is 0 Å². The van der Waals surface area contributed by atoms with E-state index in [1.54, 1.807) is 30.4 Å². The van der Waals surface area contributed by atoms with Crippen LogP contribution in [0.5, 0.6) is 11.5 Å². The summed E-state index contributed by atoms with van der Waals surface area (Å²) in [5.41, 5.74) is 3.41. The van der Waals surface area contributed by atoms with E-state index in [1.807, 2.05) is 12.2 Å². The molecule has 1 atom stereocenters. The van der Waals surface area contributed by atoms with Gasteiger partial charge in [-0.05, 0) is 29.8 Å². The van der Waals surface area contributed by atoms with Crippen molar-refractivity contribution >= 4 is 6.08 Å².